The van der Waals surface area contributed by atoms with Crippen LogP contribution in [-0.2, 0) is 4.74 Å². The Morgan fingerprint density at radius 3 is 2.80 bits per heavy atom. The largest absolute Gasteiger partial charge is 0.478 e. The van der Waals surface area contributed by atoms with Crippen molar-refractivity contribution in [2.45, 2.75) is 38.2 Å². The topological polar surface area (TPSA) is 84.6 Å². The molecule has 1 fully saturated rings. The third kappa shape index (κ3) is 4.13. The lowest BCUT2D eigenvalue weighted by atomic mass is 9.98. The molecular weight excluding hydrogens is 256 g/mol. The smallest absolute Gasteiger partial charge is 0.337 e. The van der Waals surface area contributed by atoms with Crippen LogP contribution in [0.15, 0.2) is 18.2 Å². The number of carbonyl (C=O) groups is 1. The number of hydrogen-bond acceptors (Lipinski definition) is 4. The molecule has 0 heterocycles. The van der Waals surface area contributed by atoms with Gasteiger partial charge in [0.05, 0.1) is 18.3 Å². The normalized spacial score (nSPS) is 16.0. The Hall–Kier alpha value is -1.75. The summed E-state index contributed by atoms with van der Waals surface area (Å²) in [6.45, 7) is 1.19. The summed E-state index contributed by atoms with van der Waals surface area (Å²) in [6, 6.07) is 4.85. The van der Waals surface area contributed by atoms with E-state index >= 15 is 0 Å². The predicted molar refractivity (Wildman–Crippen MR) is 79.1 cm³/mol. The van der Waals surface area contributed by atoms with E-state index in [0.29, 0.717) is 30.6 Å². The van der Waals surface area contributed by atoms with Crippen LogP contribution < -0.4 is 11.1 Å². The molecule has 110 valence electrons. The van der Waals surface area contributed by atoms with E-state index in [1.165, 1.54) is 25.3 Å². The van der Waals surface area contributed by atoms with Crippen LogP contribution in [0.25, 0.3) is 0 Å². The molecule has 5 heteroatoms. The number of rotatable bonds is 6. The van der Waals surface area contributed by atoms with E-state index in [-0.39, 0.29) is 5.56 Å². The van der Waals surface area contributed by atoms with Crippen molar-refractivity contribution < 1.29 is 14.6 Å². The van der Waals surface area contributed by atoms with Crippen LogP contribution in [0.5, 0.6) is 0 Å². The molecule has 0 aliphatic heterocycles. The van der Waals surface area contributed by atoms with Gasteiger partial charge >= 0.3 is 5.97 Å². The molecule has 0 radical (unpaired) electrons. The molecule has 1 saturated carbocycles. The minimum atomic E-state index is -0.979. The maximum Gasteiger partial charge on any atom is 0.337 e. The Morgan fingerprint density at radius 2 is 2.10 bits per heavy atom. The number of carboxylic acids is 1. The van der Waals surface area contributed by atoms with Gasteiger partial charge in [-0.1, -0.05) is 19.3 Å². The van der Waals surface area contributed by atoms with Crippen molar-refractivity contribution in [3.05, 3.63) is 23.8 Å². The second kappa shape index (κ2) is 7.14. The highest BCUT2D eigenvalue weighted by Crippen LogP contribution is 2.21. The fourth-order valence-electron chi connectivity index (χ4n) is 2.54. The van der Waals surface area contributed by atoms with E-state index in [4.69, 9.17) is 15.6 Å². The van der Waals surface area contributed by atoms with Gasteiger partial charge in [0.1, 0.15) is 0 Å². The highest BCUT2D eigenvalue weighted by molar-refractivity contribution is 5.95. The van der Waals surface area contributed by atoms with E-state index in [0.717, 1.165) is 12.8 Å². The second-order valence-corrected chi connectivity index (χ2v) is 5.17. The Morgan fingerprint density at radius 1 is 1.35 bits per heavy atom. The van der Waals surface area contributed by atoms with Crippen LogP contribution in [0.2, 0.25) is 0 Å². The van der Waals surface area contributed by atoms with Crippen LogP contribution in [0.4, 0.5) is 11.4 Å². The van der Waals surface area contributed by atoms with Crippen molar-refractivity contribution in [2.75, 3.05) is 24.2 Å². The lowest BCUT2D eigenvalue weighted by Gasteiger charge is -2.22. The zero-order valence-corrected chi connectivity index (χ0v) is 11.6. The van der Waals surface area contributed by atoms with E-state index in [2.05, 4.69) is 5.32 Å². The first-order valence-corrected chi connectivity index (χ1v) is 7.15. The standard InChI is InChI=1S/C15H22N2O3/c16-11-6-7-14(13(10-11)15(18)19)17-8-9-20-12-4-2-1-3-5-12/h6-7,10,12,17H,1-5,8-9,16H2,(H,18,19). The SMILES string of the molecule is Nc1ccc(NCCOC2CCCCC2)c(C(=O)O)c1. The molecule has 0 bridgehead atoms. The first-order chi connectivity index (χ1) is 9.66. The van der Waals surface area contributed by atoms with Gasteiger partial charge in [0, 0.05) is 17.9 Å². The summed E-state index contributed by atoms with van der Waals surface area (Å²) >= 11 is 0. The highest BCUT2D eigenvalue weighted by atomic mass is 16.5. The zero-order chi connectivity index (χ0) is 14.4. The van der Waals surface area contributed by atoms with Crippen molar-refractivity contribution in [1.82, 2.24) is 0 Å². The maximum absolute atomic E-state index is 11.1. The van der Waals surface area contributed by atoms with E-state index in [9.17, 15) is 4.79 Å². The molecule has 2 rings (SSSR count). The summed E-state index contributed by atoms with van der Waals surface area (Å²) in [5.74, 6) is -0.979. The monoisotopic (exact) mass is 278 g/mol. The van der Waals surface area contributed by atoms with Gasteiger partial charge in [-0.05, 0) is 31.0 Å². The lowest BCUT2D eigenvalue weighted by molar-refractivity contribution is 0.0347. The number of nitrogen functional groups attached to an aromatic ring is 1. The molecular formula is C15H22N2O3. The van der Waals surface area contributed by atoms with Gasteiger partial charge in [0.2, 0.25) is 0 Å². The number of hydrogen-bond donors (Lipinski definition) is 3. The summed E-state index contributed by atoms with van der Waals surface area (Å²) in [7, 11) is 0. The molecule has 1 aromatic rings. The first kappa shape index (κ1) is 14.7. The highest BCUT2D eigenvalue weighted by Gasteiger charge is 2.14. The van der Waals surface area contributed by atoms with Crippen molar-refractivity contribution in [3.8, 4) is 0 Å². The molecule has 0 aromatic heterocycles. The zero-order valence-electron chi connectivity index (χ0n) is 11.6. The van der Waals surface area contributed by atoms with Gasteiger partial charge in [0.15, 0.2) is 0 Å². The average Bonchev–Trinajstić information content (AvgIpc) is 2.45. The van der Waals surface area contributed by atoms with Crippen molar-refractivity contribution >= 4 is 17.3 Å². The summed E-state index contributed by atoms with van der Waals surface area (Å²) in [5.41, 5.74) is 6.83. The molecule has 0 spiro atoms. The Balaban J connectivity index is 1.80. The molecule has 1 aliphatic rings. The quantitative estimate of drug-likeness (QED) is 0.550. The molecule has 20 heavy (non-hydrogen) atoms. The Bertz CT molecular complexity index is 456. The van der Waals surface area contributed by atoms with Crippen LogP contribution >= 0.6 is 0 Å². The van der Waals surface area contributed by atoms with Gasteiger partial charge in [0.25, 0.3) is 0 Å². The van der Waals surface area contributed by atoms with Crippen molar-refractivity contribution in [1.29, 1.82) is 0 Å². The summed E-state index contributed by atoms with van der Waals surface area (Å²) in [4.78, 5) is 11.1. The summed E-state index contributed by atoms with van der Waals surface area (Å²) in [6.07, 6.45) is 6.46. The Labute approximate surface area is 119 Å². The van der Waals surface area contributed by atoms with Crippen LogP contribution in [-0.4, -0.2) is 30.3 Å². The molecule has 0 unspecified atom stereocenters. The van der Waals surface area contributed by atoms with Gasteiger partial charge < -0.3 is 20.9 Å². The van der Waals surface area contributed by atoms with Gasteiger partial charge in [-0.3, -0.25) is 0 Å². The van der Waals surface area contributed by atoms with Gasteiger partial charge in [-0.2, -0.15) is 0 Å². The lowest BCUT2D eigenvalue weighted by Crippen LogP contribution is -2.21. The number of aromatic carboxylic acids is 1. The minimum absolute atomic E-state index is 0.197. The number of ether oxygens (including phenoxy) is 1. The molecule has 0 atom stereocenters. The number of nitrogens with one attached hydrogen (secondary N) is 1. The van der Waals surface area contributed by atoms with Crippen molar-refractivity contribution in [2.24, 2.45) is 0 Å². The molecule has 1 aromatic carbocycles. The maximum atomic E-state index is 11.1. The van der Waals surface area contributed by atoms with Gasteiger partial charge in [-0.25, -0.2) is 4.79 Å². The first-order valence-electron chi connectivity index (χ1n) is 7.15. The number of anilines is 2. The van der Waals surface area contributed by atoms with Crippen LogP contribution in [0.1, 0.15) is 42.5 Å². The van der Waals surface area contributed by atoms with Gasteiger partial charge in [-0.15, -0.1) is 0 Å². The molecule has 1 aliphatic carbocycles. The minimum Gasteiger partial charge on any atom is -0.478 e. The predicted octanol–water partition coefficient (Wildman–Crippen LogP) is 2.73. The molecule has 0 amide bonds. The average molecular weight is 278 g/mol. The summed E-state index contributed by atoms with van der Waals surface area (Å²) < 4.78 is 5.79. The van der Waals surface area contributed by atoms with E-state index < -0.39 is 5.97 Å². The third-order valence-electron chi connectivity index (χ3n) is 3.60. The van der Waals surface area contributed by atoms with Crippen molar-refractivity contribution in [3.63, 3.8) is 0 Å². The molecule has 5 nitrogen and oxygen atoms in total. The number of benzene rings is 1. The fraction of sp³-hybridized carbons (Fsp3) is 0.533. The number of carboxylic acid groups (broad SMARTS) is 1. The molecule has 4 N–H and O–H groups in total. The second-order valence-electron chi connectivity index (χ2n) is 5.17. The molecule has 0 saturated heterocycles. The summed E-state index contributed by atoms with van der Waals surface area (Å²) in [5, 5.41) is 12.2. The van der Waals surface area contributed by atoms with E-state index in [1.807, 2.05) is 0 Å². The third-order valence-corrected chi connectivity index (χ3v) is 3.60. The van der Waals surface area contributed by atoms with Crippen LogP contribution in [0.3, 0.4) is 0 Å². The fourth-order valence-corrected chi connectivity index (χ4v) is 2.54. The number of nitrogens with two attached hydrogens (primary N) is 1. The van der Waals surface area contributed by atoms with E-state index in [1.54, 1.807) is 12.1 Å². The van der Waals surface area contributed by atoms with Crippen LogP contribution in [0, 0.1) is 0 Å². The Kier molecular flexibility index (Phi) is 5.24.